The van der Waals surface area contributed by atoms with Crippen LogP contribution < -0.4 is 10.2 Å². The second kappa shape index (κ2) is 6.68. The summed E-state index contributed by atoms with van der Waals surface area (Å²) in [7, 11) is 3.66. The molecule has 0 unspecified atom stereocenters. The Morgan fingerprint density at radius 2 is 2.19 bits per heavy atom. The molecule has 0 bridgehead atoms. The second-order valence-electron chi connectivity index (χ2n) is 7.29. The van der Waals surface area contributed by atoms with Gasteiger partial charge in [-0.3, -0.25) is 14.4 Å². The van der Waals surface area contributed by atoms with Gasteiger partial charge in [0.2, 0.25) is 11.9 Å². The molecular weight excluding hydrogens is 330 g/mol. The molecule has 8 heteroatoms. The van der Waals surface area contributed by atoms with Crippen LogP contribution in [0.4, 0.5) is 5.95 Å². The van der Waals surface area contributed by atoms with Gasteiger partial charge in [0.05, 0.1) is 17.7 Å². The van der Waals surface area contributed by atoms with Crippen LogP contribution in [-0.2, 0) is 18.4 Å². The summed E-state index contributed by atoms with van der Waals surface area (Å²) in [6, 6.07) is 1.90. The van der Waals surface area contributed by atoms with Crippen LogP contribution in [0.5, 0.6) is 0 Å². The smallest absolute Gasteiger partial charge is 0.229 e. The fourth-order valence-corrected chi connectivity index (χ4v) is 4.55. The second-order valence-corrected chi connectivity index (χ2v) is 7.29. The van der Waals surface area contributed by atoms with Gasteiger partial charge < -0.3 is 10.2 Å². The van der Waals surface area contributed by atoms with E-state index in [1.165, 1.54) is 5.56 Å². The molecule has 0 radical (unpaired) electrons. The maximum atomic E-state index is 12.9. The maximum Gasteiger partial charge on any atom is 0.229 e. The predicted octanol–water partition coefficient (Wildman–Crippen LogP) is 0.427. The zero-order valence-electron chi connectivity index (χ0n) is 15.3. The molecule has 138 valence electrons. The van der Waals surface area contributed by atoms with Crippen molar-refractivity contribution in [2.24, 2.45) is 12.5 Å². The van der Waals surface area contributed by atoms with E-state index < -0.39 is 5.41 Å². The first-order chi connectivity index (χ1) is 12.6. The summed E-state index contributed by atoms with van der Waals surface area (Å²) in [6.07, 6.45) is 9.31. The molecular formula is C18H25N7O. The predicted molar refractivity (Wildman–Crippen MR) is 97.4 cm³/mol. The van der Waals surface area contributed by atoms with Crippen LogP contribution in [0.25, 0.3) is 0 Å². The maximum absolute atomic E-state index is 12.9. The zero-order chi connectivity index (χ0) is 18.1. The number of nitrogens with one attached hydrogen (secondary N) is 1. The Morgan fingerprint density at radius 1 is 1.38 bits per heavy atom. The fraction of sp³-hybridized carbons (Fsp3) is 0.556. The molecule has 2 atom stereocenters. The molecule has 0 spiro atoms. The average Bonchev–Trinajstić information content (AvgIpc) is 3.25. The molecule has 2 fully saturated rings. The Bertz CT molecular complexity index is 777. The van der Waals surface area contributed by atoms with Crippen molar-refractivity contribution >= 4 is 11.9 Å². The van der Waals surface area contributed by atoms with Gasteiger partial charge in [-0.25, -0.2) is 9.97 Å². The first-order valence-corrected chi connectivity index (χ1v) is 9.08. The van der Waals surface area contributed by atoms with E-state index in [1.54, 1.807) is 19.4 Å². The van der Waals surface area contributed by atoms with Crippen LogP contribution in [0.2, 0.25) is 0 Å². The first-order valence-electron chi connectivity index (χ1n) is 9.08. The molecule has 4 heterocycles. The molecule has 0 saturated carbocycles. The number of carbonyl (C=O) groups excluding carboxylic acids is 1. The molecule has 2 aromatic rings. The molecule has 4 rings (SSSR count). The minimum Gasteiger partial charge on any atom is -0.359 e. The Labute approximate surface area is 153 Å². The van der Waals surface area contributed by atoms with E-state index in [0.717, 1.165) is 39.0 Å². The highest BCUT2D eigenvalue weighted by atomic mass is 16.2. The minimum atomic E-state index is -0.422. The van der Waals surface area contributed by atoms with E-state index in [9.17, 15) is 4.79 Å². The van der Waals surface area contributed by atoms with Gasteiger partial charge in [-0.05, 0) is 18.9 Å². The fourth-order valence-electron chi connectivity index (χ4n) is 4.55. The van der Waals surface area contributed by atoms with Crippen molar-refractivity contribution in [2.45, 2.75) is 25.4 Å². The first kappa shape index (κ1) is 17.0. The number of anilines is 1. The van der Waals surface area contributed by atoms with E-state index in [0.29, 0.717) is 5.95 Å². The summed E-state index contributed by atoms with van der Waals surface area (Å²) in [5, 5.41) is 7.17. The summed E-state index contributed by atoms with van der Waals surface area (Å²) in [5.41, 5.74) is 0.745. The minimum absolute atomic E-state index is 0.0790. The van der Waals surface area contributed by atoms with Gasteiger partial charge in [-0.1, -0.05) is 0 Å². The van der Waals surface area contributed by atoms with Gasteiger partial charge in [-0.2, -0.15) is 5.10 Å². The van der Waals surface area contributed by atoms with Crippen LogP contribution in [0, 0.1) is 5.41 Å². The van der Waals surface area contributed by atoms with Gasteiger partial charge in [0.25, 0.3) is 0 Å². The van der Waals surface area contributed by atoms with Crippen molar-refractivity contribution in [1.82, 2.24) is 30.0 Å². The van der Waals surface area contributed by atoms with Gasteiger partial charge in [0, 0.05) is 64.4 Å². The average molecular weight is 355 g/mol. The molecule has 2 saturated heterocycles. The third kappa shape index (κ3) is 2.84. The van der Waals surface area contributed by atoms with Crippen LogP contribution >= 0.6 is 0 Å². The molecule has 0 aliphatic carbocycles. The molecule has 2 aliphatic heterocycles. The van der Waals surface area contributed by atoms with E-state index in [-0.39, 0.29) is 11.9 Å². The number of hydrogen-bond donors (Lipinski definition) is 1. The van der Waals surface area contributed by atoms with E-state index in [4.69, 9.17) is 0 Å². The number of amides is 1. The summed E-state index contributed by atoms with van der Waals surface area (Å²) in [4.78, 5) is 26.4. The van der Waals surface area contributed by atoms with Crippen LogP contribution in [0.3, 0.4) is 0 Å². The van der Waals surface area contributed by atoms with E-state index in [2.05, 4.69) is 30.2 Å². The van der Waals surface area contributed by atoms with Crippen molar-refractivity contribution in [2.75, 3.05) is 31.6 Å². The van der Waals surface area contributed by atoms with Crippen molar-refractivity contribution in [3.8, 4) is 0 Å². The van der Waals surface area contributed by atoms with Crippen molar-refractivity contribution in [3.63, 3.8) is 0 Å². The molecule has 0 aromatic carbocycles. The largest absolute Gasteiger partial charge is 0.359 e. The number of carbonyl (C=O) groups is 1. The highest BCUT2D eigenvalue weighted by Gasteiger charge is 2.55. The lowest BCUT2D eigenvalue weighted by molar-refractivity contribution is -0.131. The van der Waals surface area contributed by atoms with E-state index >= 15 is 0 Å². The molecule has 8 nitrogen and oxygen atoms in total. The number of piperidine rings is 1. The van der Waals surface area contributed by atoms with Crippen molar-refractivity contribution in [1.29, 1.82) is 0 Å². The molecule has 1 amide bonds. The number of hydrogen-bond acceptors (Lipinski definition) is 6. The van der Waals surface area contributed by atoms with Gasteiger partial charge in [0.1, 0.15) is 0 Å². The zero-order valence-corrected chi connectivity index (χ0v) is 15.3. The topological polar surface area (TPSA) is 79.2 Å². The molecule has 2 aliphatic rings. The summed E-state index contributed by atoms with van der Waals surface area (Å²) < 4.78 is 1.82. The normalized spacial score (nSPS) is 25.9. The summed E-state index contributed by atoms with van der Waals surface area (Å²) in [5.74, 6) is 0.838. The number of likely N-dealkylation sites (tertiary alicyclic amines) is 1. The monoisotopic (exact) mass is 355 g/mol. The lowest BCUT2D eigenvalue weighted by Crippen LogP contribution is -2.58. The summed E-state index contributed by atoms with van der Waals surface area (Å²) in [6.45, 7) is 3.25. The Morgan fingerprint density at radius 3 is 2.88 bits per heavy atom. The number of rotatable bonds is 4. The molecule has 26 heavy (non-hydrogen) atoms. The Balaban J connectivity index is 1.63. The highest BCUT2D eigenvalue weighted by Crippen LogP contribution is 2.43. The van der Waals surface area contributed by atoms with E-state index in [1.807, 2.05) is 30.2 Å². The third-order valence-electron chi connectivity index (χ3n) is 5.63. The van der Waals surface area contributed by atoms with Gasteiger partial charge >= 0.3 is 0 Å². The number of aromatic nitrogens is 4. The number of fused-ring (bicyclic) bond motifs is 1. The van der Waals surface area contributed by atoms with Crippen molar-refractivity contribution in [3.05, 3.63) is 36.4 Å². The molecule has 1 N–H and O–H groups in total. The van der Waals surface area contributed by atoms with Crippen LogP contribution in [0.1, 0.15) is 18.4 Å². The summed E-state index contributed by atoms with van der Waals surface area (Å²) >= 11 is 0. The Hall–Kier alpha value is -2.48. The SMILES string of the molecule is CNC(=O)[C@@]12CCCN(c3ncccn3)[C@@H]1CN(Cc1cnn(C)c1)C2. The van der Waals surface area contributed by atoms with Gasteiger partial charge in [0.15, 0.2) is 0 Å². The standard InChI is InChI=1S/C18H25N7O/c1-19-16(26)18-5-3-8-25(17-20-6-4-7-21-17)15(18)12-24(13-18)11-14-9-22-23(2)10-14/h4,6-7,9-10,15H,3,5,8,11-13H2,1-2H3,(H,19,26)/t15-,18-/m1/s1. The quantitative estimate of drug-likeness (QED) is 0.857. The van der Waals surface area contributed by atoms with Crippen LogP contribution in [-0.4, -0.2) is 63.3 Å². The lowest BCUT2D eigenvalue weighted by atomic mass is 9.74. The van der Waals surface area contributed by atoms with Gasteiger partial charge in [-0.15, -0.1) is 0 Å². The van der Waals surface area contributed by atoms with Crippen LogP contribution in [0.15, 0.2) is 30.9 Å². The Kier molecular flexibility index (Phi) is 4.36. The number of nitrogens with zero attached hydrogens (tertiary/aromatic N) is 6. The number of aryl methyl sites for hydroxylation is 1. The highest BCUT2D eigenvalue weighted by molar-refractivity contribution is 5.85. The van der Waals surface area contributed by atoms with Crippen molar-refractivity contribution < 1.29 is 4.79 Å². The third-order valence-corrected chi connectivity index (χ3v) is 5.63. The lowest BCUT2D eigenvalue weighted by Gasteiger charge is -2.44. The molecule has 2 aromatic heterocycles.